The molecule has 0 unspecified atom stereocenters. The molecule has 0 spiro atoms. The zero-order valence-corrected chi connectivity index (χ0v) is 17.1. The van der Waals surface area contributed by atoms with Crippen LogP contribution >= 0.6 is 0 Å². The van der Waals surface area contributed by atoms with Crippen molar-refractivity contribution in [2.75, 3.05) is 32.7 Å². The first-order valence-corrected chi connectivity index (χ1v) is 9.82. The van der Waals surface area contributed by atoms with Crippen LogP contribution in [0.4, 0.5) is 5.69 Å². The SMILES string of the molecule is CCC/C(=C\c1cc2c(cc1OC)OCCO2)C(=O)c1ccc(N)c(OCC)c1. The Morgan fingerprint density at radius 3 is 2.48 bits per heavy atom. The molecule has 3 rings (SSSR count). The molecule has 2 N–H and O–H groups in total. The topological polar surface area (TPSA) is 80.0 Å². The van der Waals surface area contributed by atoms with E-state index in [0.717, 1.165) is 12.0 Å². The van der Waals surface area contributed by atoms with E-state index < -0.39 is 0 Å². The van der Waals surface area contributed by atoms with Crippen LogP contribution in [0, 0.1) is 0 Å². The summed E-state index contributed by atoms with van der Waals surface area (Å²) in [6, 6.07) is 8.78. The molecule has 0 saturated heterocycles. The maximum absolute atomic E-state index is 13.2. The fraction of sp³-hybridized carbons (Fsp3) is 0.348. The van der Waals surface area contributed by atoms with E-state index in [0.29, 0.717) is 66.1 Å². The maximum atomic E-state index is 13.2. The standard InChI is InChI=1S/C23H27NO5/c1-4-6-15(23(25)16-7-8-18(24)20(12-16)27-5-2)11-17-13-21-22(14-19(17)26-3)29-10-9-28-21/h7-8,11-14H,4-6,9-10,24H2,1-3H3/b15-11+. The van der Waals surface area contributed by atoms with E-state index in [2.05, 4.69) is 0 Å². The van der Waals surface area contributed by atoms with Gasteiger partial charge in [0.2, 0.25) is 0 Å². The quantitative estimate of drug-likeness (QED) is 0.401. The number of allylic oxidation sites excluding steroid dienone is 1. The van der Waals surface area contributed by atoms with Gasteiger partial charge in [-0.1, -0.05) is 13.3 Å². The summed E-state index contributed by atoms with van der Waals surface area (Å²) >= 11 is 0. The van der Waals surface area contributed by atoms with Gasteiger partial charge < -0.3 is 24.7 Å². The summed E-state index contributed by atoms with van der Waals surface area (Å²) in [4.78, 5) is 13.2. The van der Waals surface area contributed by atoms with Crippen LogP contribution in [0.1, 0.15) is 42.6 Å². The molecule has 6 nitrogen and oxygen atoms in total. The monoisotopic (exact) mass is 397 g/mol. The molecule has 154 valence electrons. The summed E-state index contributed by atoms with van der Waals surface area (Å²) in [5, 5.41) is 0. The lowest BCUT2D eigenvalue weighted by Crippen LogP contribution is -2.15. The van der Waals surface area contributed by atoms with Crippen LogP contribution < -0.4 is 24.7 Å². The van der Waals surface area contributed by atoms with Crippen molar-refractivity contribution in [1.29, 1.82) is 0 Å². The van der Waals surface area contributed by atoms with E-state index in [1.807, 2.05) is 26.0 Å². The molecule has 2 aromatic rings. The number of ketones is 1. The normalized spacial score (nSPS) is 13.1. The van der Waals surface area contributed by atoms with Crippen molar-refractivity contribution in [3.05, 3.63) is 47.0 Å². The molecule has 0 atom stereocenters. The van der Waals surface area contributed by atoms with Gasteiger partial charge in [-0.15, -0.1) is 0 Å². The van der Waals surface area contributed by atoms with E-state index in [4.69, 9.17) is 24.7 Å². The highest BCUT2D eigenvalue weighted by Gasteiger charge is 2.18. The second-order valence-electron chi connectivity index (χ2n) is 6.67. The first kappa shape index (κ1) is 20.6. The number of hydrogen-bond donors (Lipinski definition) is 1. The number of ether oxygens (including phenoxy) is 4. The zero-order valence-electron chi connectivity index (χ0n) is 17.1. The van der Waals surface area contributed by atoms with Crippen LogP contribution in [-0.4, -0.2) is 32.7 Å². The van der Waals surface area contributed by atoms with Crippen molar-refractivity contribution < 1.29 is 23.7 Å². The van der Waals surface area contributed by atoms with Crippen LogP contribution in [0.3, 0.4) is 0 Å². The number of Topliss-reactive ketones (excluding diaryl/α,β-unsaturated/α-hetero) is 1. The zero-order chi connectivity index (χ0) is 20.8. The second-order valence-corrected chi connectivity index (χ2v) is 6.67. The lowest BCUT2D eigenvalue weighted by Gasteiger charge is -2.20. The van der Waals surface area contributed by atoms with E-state index in [9.17, 15) is 4.79 Å². The Bertz CT molecular complexity index is 920. The molecule has 0 radical (unpaired) electrons. The van der Waals surface area contributed by atoms with Crippen molar-refractivity contribution >= 4 is 17.5 Å². The van der Waals surface area contributed by atoms with Gasteiger partial charge in [0.05, 0.1) is 19.4 Å². The van der Waals surface area contributed by atoms with Crippen molar-refractivity contribution in [3.63, 3.8) is 0 Å². The minimum atomic E-state index is -0.0651. The molecular weight excluding hydrogens is 370 g/mol. The minimum absolute atomic E-state index is 0.0651. The van der Waals surface area contributed by atoms with Gasteiger partial charge in [0.1, 0.15) is 24.7 Å². The van der Waals surface area contributed by atoms with Gasteiger partial charge in [-0.05, 0) is 43.7 Å². The summed E-state index contributed by atoms with van der Waals surface area (Å²) < 4.78 is 22.4. The highest BCUT2D eigenvalue weighted by Crippen LogP contribution is 2.38. The van der Waals surface area contributed by atoms with Gasteiger partial charge in [0.25, 0.3) is 0 Å². The molecule has 0 aromatic heterocycles. The predicted molar refractivity (Wildman–Crippen MR) is 113 cm³/mol. The Morgan fingerprint density at radius 2 is 1.83 bits per heavy atom. The Hall–Kier alpha value is -3.15. The molecule has 0 saturated carbocycles. The molecule has 0 fully saturated rings. The molecular formula is C23H27NO5. The number of nitrogen functional groups attached to an aromatic ring is 1. The predicted octanol–water partition coefficient (Wildman–Crippen LogP) is 4.51. The first-order valence-electron chi connectivity index (χ1n) is 9.82. The lowest BCUT2D eigenvalue weighted by molar-refractivity contribution is 0.103. The van der Waals surface area contributed by atoms with Gasteiger partial charge in [0, 0.05) is 22.8 Å². The van der Waals surface area contributed by atoms with Crippen LogP contribution in [0.15, 0.2) is 35.9 Å². The average molecular weight is 397 g/mol. The lowest BCUT2D eigenvalue weighted by atomic mass is 9.96. The summed E-state index contributed by atoms with van der Waals surface area (Å²) in [5.41, 5.74) is 8.44. The van der Waals surface area contributed by atoms with Crippen LogP contribution in [0.25, 0.3) is 6.08 Å². The van der Waals surface area contributed by atoms with Crippen LogP contribution in [0.5, 0.6) is 23.0 Å². The fourth-order valence-corrected chi connectivity index (χ4v) is 3.23. The highest BCUT2D eigenvalue weighted by molar-refractivity contribution is 6.11. The first-order chi connectivity index (χ1) is 14.1. The summed E-state index contributed by atoms with van der Waals surface area (Å²) in [7, 11) is 1.60. The Balaban J connectivity index is 2.00. The molecule has 0 amide bonds. The Morgan fingerprint density at radius 1 is 1.10 bits per heavy atom. The van der Waals surface area contributed by atoms with E-state index >= 15 is 0 Å². The number of rotatable bonds is 8. The van der Waals surface area contributed by atoms with E-state index in [1.165, 1.54) is 0 Å². The van der Waals surface area contributed by atoms with Gasteiger partial charge in [-0.3, -0.25) is 4.79 Å². The third-order valence-electron chi connectivity index (χ3n) is 4.61. The number of nitrogens with two attached hydrogens (primary N) is 1. The van der Waals surface area contributed by atoms with Crippen molar-refractivity contribution in [3.8, 4) is 23.0 Å². The number of anilines is 1. The number of carbonyl (C=O) groups is 1. The summed E-state index contributed by atoms with van der Waals surface area (Å²) in [6.45, 7) is 5.40. The Labute approximate surface area is 171 Å². The van der Waals surface area contributed by atoms with E-state index in [-0.39, 0.29) is 5.78 Å². The third-order valence-corrected chi connectivity index (χ3v) is 4.61. The second kappa shape index (κ2) is 9.37. The average Bonchev–Trinajstić information content (AvgIpc) is 2.74. The molecule has 0 aliphatic carbocycles. The number of carbonyl (C=O) groups excluding carboxylic acids is 1. The van der Waals surface area contributed by atoms with Gasteiger partial charge in [-0.2, -0.15) is 0 Å². The van der Waals surface area contributed by atoms with Crippen molar-refractivity contribution in [1.82, 2.24) is 0 Å². The third kappa shape index (κ3) is 4.65. The fourth-order valence-electron chi connectivity index (χ4n) is 3.23. The van der Waals surface area contributed by atoms with Gasteiger partial charge in [-0.25, -0.2) is 0 Å². The van der Waals surface area contributed by atoms with Crippen LogP contribution in [-0.2, 0) is 0 Å². The molecule has 29 heavy (non-hydrogen) atoms. The molecule has 6 heteroatoms. The molecule has 1 aliphatic rings. The smallest absolute Gasteiger partial charge is 0.189 e. The molecule has 1 aliphatic heterocycles. The largest absolute Gasteiger partial charge is 0.496 e. The number of methoxy groups -OCH3 is 1. The number of fused-ring (bicyclic) bond motifs is 1. The maximum Gasteiger partial charge on any atom is 0.189 e. The number of hydrogen-bond acceptors (Lipinski definition) is 6. The van der Waals surface area contributed by atoms with Gasteiger partial charge in [0.15, 0.2) is 17.3 Å². The summed E-state index contributed by atoms with van der Waals surface area (Å²) in [5.74, 6) is 2.38. The molecule has 1 heterocycles. The van der Waals surface area contributed by atoms with Gasteiger partial charge >= 0.3 is 0 Å². The summed E-state index contributed by atoms with van der Waals surface area (Å²) in [6.07, 6.45) is 3.32. The van der Waals surface area contributed by atoms with Crippen molar-refractivity contribution in [2.45, 2.75) is 26.7 Å². The minimum Gasteiger partial charge on any atom is -0.496 e. The van der Waals surface area contributed by atoms with E-state index in [1.54, 1.807) is 31.4 Å². The molecule has 0 bridgehead atoms. The Kier molecular flexibility index (Phi) is 6.65. The molecule has 2 aromatic carbocycles. The van der Waals surface area contributed by atoms with Crippen LogP contribution in [0.2, 0.25) is 0 Å². The van der Waals surface area contributed by atoms with Crippen molar-refractivity contribution in [2.24, 2.45) is 0 Å². The number of benzene rings is 2. The highest BCUT2D eigenvalue weighted by atomic mass is 16.6.